The highest BCUT2D eigenvalue weighted by molar-refractivity contribution is 6.42. The average molecular weight is 322 g/mol. The van der Waals surface area contributed by atoms with Crippen LogP contribution in [0.4, 0.5) is 11.4 Å². The first kappa shape index (κ1) is 15.1. The van der Waals surface area contributed by atoms with Crippen LogP contribution in [0.15, 0.2) is 36.4 Å². The normalized spacial score (nSPS) is 9.95. The summed E-state index contributed by atoms with van der Waals surface area (Å²) in [4.78, 5) is 10.5. The van der Waals surface area contributed by atoms with Crippen molar-refractivity contribution in [2.45, 2.75) is 6.54 Å². The van der Waals surface area contributed by atoms with Crippen molar-refractivity contribution in [2.75, 3.05) is 5.32 Å². The Morgan fingerprint density at radius 2 is 2.05 bits per heavy atom. The van der Waals surface area contributed by atoms with Crippen LogP contribution in [0.1, 0.15) is 11.1 Å². The number of hydrogen-bond acceptors (Lipinski definition) is 4. The molecule has 0 aliphatic heterocycles. The van der Waals surface area contributed by atoms with Gasteiger partial charge in [0.25, 0.3) is 5.69 Å². The second-order valence-electron chi connectivity index (χ2n) is 4.17. The first-order valence-corrected chi connectivity index (χ1v) is 6.64. The number of nitrogens with zero attached hydrogens (tertiary/aromatic N) is 2. The Bertz CT molecular complexity index is 741. The van der Waals surface area contributed by atoms with Gasteiger partial charge in [-0.15, -0.1) is 0 Å². The topological polar surface area (TPSA) is 79.0 Å². The van der Waals surface area contributed by atoms with E-state index in [1.165, 1.54) is 18.2 Å². The second-order valence-corrected chi connectivity index (χ2v) is 4.95. The molecule has 0 bridgehead atoms. The van der Waals surface area contributed by atoms with E-state index in [9.17, 15) is 10.1 Å². The minimum absolute atomic E-state index is 0.160. The Labute approximate surface area is 130 Å². The van der Waals surface area contributed by atoms with Crippen LogP contribution in [-0.2, 0) is 6.54 Å². The van der Waals surface area contributed by atoms with Crippen LogP contribution >= 0.6 is 23.2 Å². The second kappa shape index (κ2) is 6.44. The third-order valence-corrected chi connectivity index (χ3v) is 3.68. The third-order valence-electron chi connectivity index (χ3n) is 2.82. The average Bonchev–Trinajstić information content (AvgIpc) is 2.48. The van der Waals surface area contributed by atoms with E-state index in [4.69, 9.17) is 28.5 Å². The molecule has 1 N–H and O–H groups in total. The van der Waals surface area contributed by atoms with Gasteiger partial charge in [-0.1, -0.05) is 35.3 Å². The summed E-state index contributed by atoms with van der Waals surface area (Å²) in [5, 5.41) is 23.6. The molecule has 21 heavy (non-hydrogen) atoms. The zero-order valence-corrected chi connectivity index (χ0v) is 12.1. The number of benzene rings is 2. The van der Waals surface area contributed by atoms with Crippen molar-refractivity contribution in [3.63, 3.8) is 0 Å². The molecule has 0 aliphatic rings. The number of nitriles is 1. The van der Waals surface area contributed by atoms with Crippen molar-refractivity contribution in [3.05, 3.63) is 67.7 Å². The van der Waals surface area contributed by atoms with Gasteiger partial charge >= 0.3 is 0 Å². The third kappa shape index (κ3) is 3.43. The molecule has 0 amide bonds. The SMILES string of the molecule is N#Cc1ccc(NCc2cccc(Cl)c2Cl)c([N+](=O)[O-])c1. The lowest BCUT2D eigenvalue weighted by atomic mass is 10.1. The molecule has 0 atom stereocenters. The standard InChI is InChI=1S/C14H9Cl2N3O2/c15-11-3-1-2-10(14(11)16)8-18-12-5-4-9(7-17)6-13(12)19(20)21/h1-6,18H,8H2. The smallest absolute Gasteiger partial charge is 0.293 e. The van der Waals surface area contributed by atoms with Crippen LogP contribution < -0.4 is 5.32 Å². The highest BCUT2D eigenvalue weighted by atomic mass is 35.5. The van der Waals surface area contributed by atoms with Crippen molar-refractivity contribution in [1.82, 2.24) is 0 Å². The van der Waals surface area contributed by atoms with Crippen molar-refractivity contribution in [3.8, 4) is 6.07 Å². The molecular formula is C14H9Cl2N3O2. The number of nitro groups is 1. The fraction of sp³-hybridized carbons (Fsp3) is 0.0714. The molecule has 0 aromatic heterocycles. The minimum atomic E-state index is -0.539. The number of hydrogen-bond donors (Lipinski definition) is 1. The maximum atomic E-state index is 11.0. The van der Waals surface area contributed by atoms with Crippen LogP contribution in [0.5, 0.6) is 0 Å². The van der Waals surface area contributed by atoms with Crippen LogP contribution in [0.2, 0.25) is 10.0 Å². The molecule has 0 fully saturated rings. The molecule has 0 spiro atoms. The van der Waals surface area contributed by atoms with Crippen LogP contribution in [0, 0.1) is 21.4 Å². The number of nitrogens with one attached hydrogen (secondary N) is 1. The van der Waals surface area contributed by atoms with Crippen LogP contribution in [0.3, 0.4) is 0 Å². The van der Waals surface area contributed by atoms with Crippen molar-refractivity contribution in [1.29, 1.82) is 5.26 Å². The Morgan fingerprint density at radius 1 is 1.29 bits per heavy atom. The van der Waals surface area contributed by atoms with Gasteiger partial charge in [0.1, 0.15) is 5.69 Å². The maximum absolute atomic E-state index is 11.0. The largest absolute Gasteiger partial charge is 0.375 e. The van der Waals surface area contributed by atoms with Gasteiger partial charge in [-0.3, -0.25) is 10.1 Å². The molecule has 0 saturated carbocycles. The summed E-state index contributed by atoms with van der Waals surface area (Å²) in [6.07, 6.45) is 0. The van der Waals surface area contributed by atoms with Crippen LogP contribution in [-0.4, -0.2) is 4.92 Å². The van der Waals surface area contributed by atoms with Gasteiger partial charge in [0.2, 0.25) is 0 Å². The lowest BCUT2D eigenvalue weighted by molar-refractivity contribution is -0.384. The molecule has 2 rings (SSSR count). The minimum Gasteiger partial charge on any atom is -0.375 e. The molecule has 0 heterocycles. The maximum Gasteiger partial charge on any atom is 0.293 e. The Morgan fingerprint density at radius 3 is 2.71 bits per heavy atom. The van der Waals surface area contributed by atoms with Crippen molar-refractivity contribution < 1.29 is 4.92 Å². The van der Waals surface area contributed by atoms with E-state index >= 15 is 0 Å². The van der Waals surface area contributed by atoms with Gasteiger partial charge < -0.3 is 5.32 Å². The van der Waals surface area contributed by atoms with E-state index in [0.717, 1.165) is 5.56 Å². The van der Waals surface area contributed by atoms with Gasteiger partial charge in [-0.2, -0.15) is 5.26 Å². The fourth-order valence-electron chi connectivity index (χ4n) is 1.78. The predicted octanol–water partition coefficient (Wildman–Crippen LogP) is 4.39. The first-order valence-electron chi connectivity index (χ1n) is 5.88. The van der Waals surface area contributed by atoms with E-state index in [1.54, 1.807) is 18.2 Å². The zero-order valence-electron chi connectivity index (χ0n) is 10.6. The molecule has 0 saturated heterocycles. The molecular weight excluding hydrogens is 313 g/mol. The van der Waals surface area contributed by atoms with E-state index < -0.39 is 4.92 Å². The number of halogens is 2. The van der Waals surface area contributed by atoms with E-state index in [2.05, 4.69) is 5.32 Å². The molecule has 106 valence electrons. The fourth-order valence-corrected chi connectivity index (χ4v) is 2.16. The molecule has 0 radical (unpaired) electrons. The monoisotopic (exact) mass is 321 g/mol. The predicted molar refractivity (Wildman–Crippen MR) is 81.6 cm³/mol. The summed E-state index contributed by atoms with van der Waals surface area (Å²) in [6.45, 7) is 0.284. The van der Waals surface area contributed by atoms with E-state index in [0.29, 0.717) is 15.7 Å². The molecule has 0 aliphatic carbocycles. The van der Waals surface area contributed by atoms with Gasteiger partial charge in [0.05, 0.1) is 26.6 Å². The lowest BCUT2D eigenvalue weighted by Gasteiger charge is -2.09. The molecule has 0 unspecified atom stereocenters. The zero-order chi connectivity index (χ0) is 15.4. The Balaban J connectivity index is 2.26. The van der Waals surface area contributed by atoms with E-state index in [1.807, 2.05) is 6.07 Å². The van der Waals surface area contributed by atoms with Gasteiger partial charge in [0, 0.05) is 12.6 Å². The lowest BCUT2D eigenvalue weighted by Crippen LogP contribution is -2.03. The summed E-state index contributed by atoms with van der Waals surface area (Å²) in [7, 11) is 0. The molecule has 7 heteroatoms. The summed E-state index contributed by atoms with van der Waals surface area (Å²) in [5.41, 5.74) is 1.11. The Hall–Kier alpha value is -2.29. The molecule has 2 aromatic carbocycles. The summed E-state index contributed by atoms with van der Waals surface area (Å²) >= 11 is 12.0. The first-order chi connectivity index (χ1) is 10.0. The van der Waals surface area contributed by atoms with Gasteiger partial charge in [-0.25, -0.2) is 0 Å². The summed E-state index contributed by atoms with van der Waals surface area (Å²) in [5.74, 6) is 0. The van der Waals surface area contributed by atoms with Gasteiger partial charge in [0.15, 0.2) is 0 Å². The van der Waals surface area contributed by atoms with E-state index in [-0.39, 0.29) is 17.8 Å². The van der Waals surface area contributed by atoms with Crippen molar-refractivity contribution in [2.24, 2.45) is 0 Å². The van der Waals surface area contributed by atoms with Crippen molar-refractivity contribution >= 4 is 34.6 Å². The quantitative estimate of drug-likeness (QED) is 0.669. The highest BCUT2D eigenvalue weighted by Gasteiger charge is 2.15. The molecule has 2 aromatic rings. The summed E-state index contributed by atoms with van der Waals surface area (Å²) < 4.78 is 0. The highest BCUT2D eigenvalue weighted by Crippen LogP contribution is 2.29. The Kier molecular flexibility index (Phi) is 4.63. The summed E-state index contributed by atoms with van der Waals surface area (Å²) in [6, 6.07) is 11.3. The number of nitro benzene ring substituents is 1. The van der Waals surface area contributed by atoms with Crippen LogP contribution in [0.25, 0.3) is 0 Å². The number of anilines is 1. The molecule has 5 nitrogen and oxygen atoms in total. The number of rotatable bonds is 4. The van der Waals surface area contributed by atoms with Gasteiger partial charge in [-0.05, 0) is 23.8 Å².